The lowest BCUT2D eigenvalue weighted by atomic mass is 10.1. The fourth-order valence-corrected chi connectivity index (χ4v) is 2.18. The summed E-state index contributed by atoms with van der Waals surface area (Å²) in [6.07, 6.45) is 0. The van der Waals surface area contributed by atoms with Gasteiger partial charge in [0, 0.05) is 25.2 Å². The Morgan fingerprint density at radius 3 is 2.52 bits per heavy atom. The van der Waals surface area contributed by atoms with Crippen LogP contribution in [-0.2, 0) is 6.54 Å². The lowest BCUT2D eigenvalue weighted by Gasteiger charge is -2.22. The van der Waals surface area contributed by atoms with Crippen molar-refractivity contribution in [3.8, 4) is 5.75 Å². The molecule has 1 amide bonds. The van der Waals surface area contributed by atoms with Crippen molar-refractivity contribution in [2.24, 2.45) is 5.73 Å². The maximum atomic E-state index is 12.6. The highest BCUT2D eigenvalue weighted by Gasteiger charge is 2.16. The van der Waals surface area contributed by atoms with Gasteiger partial charge >= 0.3 is 0 Å². The molecule has 3 N–H and O–H groups in total. The number of carbonyl (C=O) groups excluding carboxylic acids is 1. The van der Waals surface area contributed by atoms with Crippen molar-refractivity contribution < 1.29 is 9.90 Å². The summed E-state index contributed by atoms with van der Waals surface area (Å²) in [5, 5.41) is 9.56. The maximum absolute atomic E-state index is 12.6. The van der Waals surface area contributed by atoms with E-state index in [1.54, 1.807) is 30.0 Å². The summed E-state index contributed by atoms with van der Waals surface area (Å²) in [4.78, 5) is 14.3. The van der Waals surface area contributed by atoms with Crippen molar-refractivity contribution in [1.29, 1.82) is 0 Å². The predicted octanol–water partition coefficient (Wildman–Crippen LogP) is 2.30. The molecule has 0 bridgehead atoms. The van der Waals surface area contributed by atoms with Gasteiger partial charge in [-0.05, 0) is 36.2 Å². The highest BCUT2D eigenvalue weighted by Crippen LogP contribution is 2.18. The molecule has 0 heterocycles. The molecule has 4 nitrogen and oxygen atoms in total. The van der Waals surface area contributed by atoms with Gasteiger partial charge in [-0.3, -0.25) is 4.79 Å². The van der Waals surface area contributed by atoms with Crippen LogP contribution in [0.1, 0.15) is 21.5 Å². The van der Waals surface area contributed by atoms with E-state index in [1.807, 2.05) is 30.3 Å². The molecule has 110 valence electrons. The predicted molar refractivity (Wildman–Crippen MR) is 83.1 cm³/mol. The number of hydrogen-bond donors (Lipinski definition) is 2. The molecule has 0 saturated carbocycles. The molecule has 21 heavy (non-hydrogen) atoms. The zero-order chi connectivity index (χ0) is 15.2. The Bertz CT molecular complexity index is 611. The SMILES string of the molecule is Cc1cc(C(=O)N(CCN)Cc2ccccc2)ccc1O. The minimum atomic E-state index is -0.0765. The van der Waals surface area contributed by atoms with E-state index in [4.69, 9.17) is 5.73 Å². The number of benzene rings is 2. The van der Waals surface area contributed by atoms with E-state index in [0.717, 1.165) is 5.56 Å². The van der Waals surface area contributed by atoms with Crippen LogP contribution in [0.2, 0.25) is 0 Å². The first-order valence-electron chi connectivity index (χ1n) is 6.94. The average molecular weight is 284 g/mol. The molecule has 0 aromatic heterocycles. The fourth-order valence-electron chi connectivity index (χ4n) is 2.18. The third-order valence-corrected chi connectivity index (χ3v) is 3.35. The normalized spacial score (nSPS) is 10.4. The van der Waals surface area contributed by atoms with Gasteiger partial charge in [0.2, 0.25) is 0 Å². The molecule has 4 heteroatoms. The van der Waals surface area contributed by atoms with E-state index in [-0.39, 0.29) is 11.7 Å². The van der Waals surface area contributed by atoms with Gasteiger partial charge in [0.1, 0.15) is 5.75 Å². The Morgan fingerprint density at radius 2 is 1.90 bits per heavy atom. The Hall–Kier alpha value is -2.33. The lowest BCUT2D eigenvalue weighted by molar-refractivity contribution is 0.0748. The zero-order valence-electron chi connectivity index (χ0n) is 12.1. The molecule has 0 aliphatic carbocycles. The van der Waals surface area contributed by atoms with Gasteiger partial charge in [-0.25, -0.2) is 0 Å². The van der Waals surface area contributed by atoms with E-state index in [9.17, 15) is 9.90 Å². The number of phenols is 1. The fraction of sp³-hybridized carbons (Fsp3) is 0.235. The minimum absolute atomic E-state index is 0.0765. The summed E-state index contributed by atoms with van der Waals surface area (Å²) >= 11 is 0. The van der Waals surface area contributed by atoms with Crippen LogP contribution in [0.15, 0.2) is 48.5 Å². The van der Waals surface area contributed by atoms with E-state index >= 15 is 0 Å². The summed E-state index contributed by atoms with van der Waals surface area (Å²) in [5.74, 6) is 0.118. The lowest BCUT2D eigenvalue weighted by Crippen LogP contribution is -2.34. The molecular formula is C17H20N2O2. The van der Waals surface area contributed by atoms with Crippen LogP contribution >= 0.6 is 0 Å². The first kappa shape index (κ1) is 15.1. The zero-order valence-corrected chi connectivity index (χ0v) is 12.1. The van der Waals surface area contributed by atoms with Crippen molar-refractivity contribution in [2.75, 3.05) is 13.1 Å². The first-order valence-corrected chi connectivity index (χ1v) is 6.94. The second kappa shape index (κ2) is 6.90. The van der Waals surface area contributed by atoms with Crippen LogP contribution in [0.5, 0.6) is 5.75 Å². The van der Waals surface area contributed by atoms with Crippen LogP contribution in [0, 0.1) is 6.92 Å². The van der Waals surface area contributed by atoms with Gasteiger partial charge in [-0.2, -0.15) is 0 Å². The molecule has 0 atom stereocenters. The van der Waals surface area contributed by atoms with Crippen molar-refractivity contribution >= 4 is 5.91 Å². The largest absolute Gasteiger partial charge is 0.508 e. The van der Waals surface area contributed by atoms with Gasteiger partial charge in [-0.1, -0.05) is 30.3 Å². The second-order valence-electron chi connectivity index (χ2n) is 5.00. The van der Waals surface area contributed by atoms with Gasteiger partial charge < -0.3 is 15.7 Å². The summed E-state index contributed by atoms with van der Waals surface area (Å²) in [5.41, 5.74) is 7.94. The van der Waals surface area contributed by atoms with Crippen LogP contribution in [0.4, 0.5) is 0 Å². The molecule has 0 spiro atoms. The van der Waals surface area contributed by atoms with E-state index in [2.05, 4.69) is 0 Å². The Balaban J connectivity index is 2.20. The topological polar surface area (TPSA) is 66.6 Å². The number of nitrogens with zero attached hydrogens (tertiary/aromatic N) is 1. The van der Waals surface area contributed by atoms with Crippen LogP contribution in [0.25, 0.3) is 0 Å². The molecule has 0 aliphatic rings. The molecular weight excluding hydrogens is 264 g/mol. The summed E-state index contributed by atoms with van der Waals surface area (Å²) < 4.78 is 0. The number of hydrogen-bond acceptors (Lipinski definition) is 3. The standard InChI is InChI=1S/C17H20N2O2/c1-13-11-15(7-8-16(13)20)17(21)19(10-9-18)12-14-5-3-2-4-6-14/h2-8,11,20H,9-10,12,18H2,1H3. The number of amides is 1. The molecule has 0 aliphatic heterocycles. The smallest absolute Gasteiger partial charge is 0.254 e. The molecule has 0 radical (unpaired) electrons. The molecule has 0 unspecified atom stereocenters. The quantitative estimate of drug-likeness (QED) is 0.885. The molecule has 2 rings (SSSR count). The number of nitrogens with two attached hydrogens (primary N) is 1. The summed E-state index contributed by atoms with van der Waals surface area (Å²) in [6.45, 7) is 3.21. The second-order valence-corrected chi connectivity index (χ2v) is 5.00. The van der Waals surface area contributed by atoms with Crippen molar-refractivity contribution in [3.63, 3.8) is 0 Å². The third kappa shape index (κ3) is 3.83. The van der Waals surface area contributed by atoms with Gasteiger partial charge in [0.15, 0.2) is 0 Å². The van der Waals surface area contributed by atoms with Crippen molar-refractivity contribution in [3.05, 3.63) is 65.2 Å². The van der Waals surface area contributed by atoms with E-state index < -0.39 is 0 Å². The molecule has 0 fully saturated rings. The monoisotopic (exact) mass is 284 g/mol. The van der Waals surface area contributed by atoms with Crippen LogP contribution < -0.4 is 5.73 Å². The van der Waals surface area contributed by atoms with Gasteiger partial charge in [0.25, 0.3) is 5.91 Å². The molecule has 2 aromatic rings. The highest BCUT2D eigenvalue weighted by molar-refractivity contribution is 5.94. The minimum Gasteiger partial charge on any atom is -0.508 e. The van der Waals surface area contributed by atoms with E-state index in [0.29, 0.717) is 30.8 Å². The van der Waals surface area contributed by atoms with Crippen molar-refractivity contribution in [2.45, 2.75) is 13.5 Å². The third-order valence-electron chi connectivity index (χ3n) is 3.35. The van der Waals surface area contributed by atoms with Crippen molar-refractivity contribution in [1.82, 2.24) is 4.90 Å². The molecule has 0 saturated heterocycles. The maximum Gasteiger partial charge on any atom is 0.254 e. The first-order chi connectivity index (χ1) is 10.1. The van der Waals surface area contributed by atoms with Gasteiger partial charge in [0.05, 0.1) is 0 Å². The van der Waals surface area contributed by atoms with Crippen LogP contribution in [0.3, 0.4) is 0 Å². The summed E-state index contributed by atoms with van der Waals surface area (Å²) in [6, 6.07) is 14.7. The number of phenolic OH excluding ortho intramolecular Hbond substituents is 1. The molecule has 2 aromatic carbocycles. The van der Waals surface area contributed by atoms with Crippen LogP contribution in [-0.4, -0.2) is 29.0 Å². The Kier molecular flexibility index (Phi) is 4.95. The number of aromatic hydroxyl groups is 1. The average Bonchev–Trinajstić information content (AvgIpc) is 2.50. The van der Waals surface area contributed by atoms with E-state index in [1.165, 1.54) is 0 Å². The highest BCUT2D eigenvalue weighted by atomic mass is 16.3. The number of rotatable bonds is 5. The Labute approximate surface area is 124 Å². The summed E-state index contributed by atoms with van der Waals surface area (Å²) in [7, 11) is 0. The Morgan fingerprint density at radius 1 is 1.19 bits per heavy atom. The number of aryl methyl sites for hydroxylation is 1. The number of carbonyl (C=O) groups is 1. The van der Waals surface area contributed by atoms with Gasteiger partial charge in [-0.15, -0.1) is 0 Å².